The summed E-state index contributed by atoms with van der Waals surface area (Å²) in [5, 5.41) is 3.68. The fourth-order valence-electron chi connectivity index (χ4n) is 3.31. The van der Waals surface area contributed by atoms with Gasteiger partial charge in [-0.15, -0.1) is 0 Å². The number of hydrogen-bond acceptors (Lipinski definition) is 1. The summed E-state index contributed by atoms with van der Waals surface area (Å²) >= 11 is 0. The molecule has 0 fully saturated rings. The summed E-state index contributed by atoms with van der Waals surface area (Å²) < 4.78 is 2.18. The zero-order valence-electron chi connectivity index (χ0n) is 13.7. The lowest BCUT2D eigenvalue weighted by Crippen LogP contribution is -2.30. The van der Waals surface area contributed by atoms with E-state index in [0.29, 0.717) is 0 Å². The molecule has 0 atom stereocenters. The van der Waals surface area contributed by atoms with Gasteiger partial charge in [0.25, 0.3) is 0 Å². The summed E-state index contributed by atoms with van der Waals surface area (Å²) in [5.41, 5.74) is 6.08. The molecule has 0 N–H and O–H groups in total. The molecule has 0 bridgehead atoms. The number of fused-ring (bicyclic) bond motifs is 3. The summed E-state index contributed by atoms with van der Waals surface area (Å²) in [7, 11) is 2.10. The first-order valence-corrected chi connectivity index (χ1v) is 7.89. The molecule has 4 rings (SSSR count). The van der Waals surface area contributed by atoms with E-state index in [-0.39, 0.29) is 0 Å². The first-order chi connectivity index (χ1) is 11.1. The van der Waals surface area contributed by atoms with Crippen molar-refractivity contribution in [1.29, 1.82) is 0 Å². The molecule has 0 aliphatic heterocycles. The van der Waals surface area contributed by atoms with Crippen molar-refractivity contribution < 1.29 is 4.57 Å². The van der Waals surface area contributed by atoms with Gasteiger partial charge in [-0.05, 0) is 36.4 Å². The maximum Gasteiger partial charge on any atom is 0.213 e. The average Bonchev–Trinajstić information content (AvgIpc) is 2.57. The highest BCUT2D eigenvalue weighted by molar-refractivity contribution is 6.10. The fraction of sp³-hybridized carbons (Fsp3) is 0.143. The quantitative estimate of drug-likeness (QED) is 0.373. The standard InChI is InChI=1S/C21H19N2/c1-14-10-11-23(3)20(12-14)21-15(2)8-9-16-17-6-4-5-7-19(17)22-13-18(16)21/h4-13H,1-3H3/q+1. The van der Waals surface area contributed by atoms with Gasteiger partial charge < -0.3 is 0 Å². The summed E-state index contributed by atoms with van der Waals surface area (Å²) in [6.45, 7) is 4.31. The highest BCUT2D eigenvalue weighted by Gasteiger charge is 2.17. The minimum atomic E-state index is 1.04. The Labute approximate surface area is 136 Å². The van der Waals surface area contributed by atoms with Crippen LogP contribution in [0.2, 0.25) is 0 Å². The predicted octanol–water partition coefficient (Wildman–Crippen LogP) is 4.50. The predicted molar refractivity (Wildman–Crippen MR) is 95.3 cm³/mol. The third-order valence-corrected chi connectivity index (χ3v) is 4.54. The molecule has 23 heavy (non-hydrogen) atoms. The van der Waals surface area contributed by atoms with Crippen LogP contribution in [-0.4, -0.2) is 4.98 Å². The van der Waals surface area contributed by atoms with Gasteiger partial charge in [-0.3, -0.25) is 4.98 Å². The Morgan fingerprint density at radius 3 is 2.57 bits per heavy atom. The highest BCUT2D eigenvalue weighted by atomic mass is 14.9. The smallest absolute Gasteiger partial charge is 0.213 e. The van der Waals surface area contributed by atoms with Crippen molar-refractivity contribution in [3.63, 3.8) is 0 Å². The Kier molecular flexibility index (Phi) is 3.12. The van der Waals surface area contributed by atoms with Gasteiger partial charge in [0.1, 0.15) is 7.05 Å². The van der Waals surface area contributed by atoms with E-state index < -0.39 is 0 Å². The van der Waals surface area contributed by atoms with Gasteiger partial charge in [0, 0.05) is 29.1 Å². The number of para-hydroxylation sites is 1. The summed E-state index contributed by atoms with van der Waals surface area (Å²) in [5.74, 6) is 0. The van der Waals surface area contributed by atoms with Crippen LogP contribution in [0.3, 0.4) is 0 Å². The first kappa shape index (κ1) is 13.9. The molecule has 2 heteroatoms. The zero-order valence-corrected chi connectivity index (χ0v) is 13.7. The van der Waals surface area contributed by atoms with Gasteiger partial charge in [-0.25, -0.2) is 4.57 Å². The largest absolute Gasteiger partial charge is 0.256 e. The van der Waals surface area contributed by atoms with E-state index in [1.807, 2.05) is 12.3 Å². The van der Waals surface area contributed by atoms with Crippen LogP contribution in [0.4, 0.5) is 0 Å². The van der Waals surface area contributed by atoms with Crippen LogP contribution in [0.25, 0.3) is 32.9 Å². The van der Waals surface area contributed by atoms with Gasteiger partial charge in [0.15, 0.2) is 6.20 Å². The van der Waals surface area contributed by atoms with Crippen LogP contribution in [0.5, 0.6) is 0 Å². The molecular weight excluding hydrogens is 280 g/mol. The molecule has 0 spiro atoms. The van der Waals surface area contributed by atoms with Crippen LogP contribution < -0.4 is 4.57 Å². The molecule has 0 aliphatic rings. The second kappa shape index (κ2) is 5.17. The maximum absolute atomic E-state index is 4.68. The first-order valence-electron chi connectivity index (χ1n) is 7.89. The van der Waals surface area contributed by atoms with Crippen molar-refractivity contribution in [1.82, 2.24) is 4.98 Å². The Morgan fingerprint density at radius 2 is 1.70 bits per heavy atom. The van der Waals surface area contributed by atoms with Crippen LogP contribution in [0.15, 0.2) is 60.9 Å². The van der Waals surface area contributed by atoms with Crippen molar-refractivity contribution >= 4 is 21.7 Å². The number of aromatic nitrogens is 2. The van der Waals surface area contributed by atoms with Gasteiger partial charge in [0.05, 0.1) is 11.1 Å². The SMILES string of the molecule is Cc1cc[n+](C)c(-c2c(C)ccc3c2cnc2ccccc23)c1. The second-order valence-electron chi connectivity index (χ2n) is 6.19. The fourth-order valence-corrected chi connectivity index (χ4v) is 3.31. The minimum absolute atomic E-state index is 1.04. The van der Waals surface area contributed by atoms with Gasteiger partial charge in [0.2, 0.25) is 5.69 Å². The number of aryl methyl sites for hydroxylation is 3. The Morgan fingerprint density at radius 1 is 0.870 bits per heavy atom. The lowest BCUT2D eigenvalue weighted by atomic mass is 9.95. The molecule has 0 amide bonds. The van der Waals surface area contributed by atoms with E-state index >= 15 is 0 Å². The van der Waals surface area contributed by atoms with E-state index in [0.717, 1.165) is 5.52 Å². The molecule has 0 radical (unpaired) electrons. The van der Waals surface area contributed by atoms with E-state index in [2.05, 4.69) is 79.1 Å². The Bertz CT molecular complexity index is 1050. The minimum Gasteiger partial charge on any atom is -0.256 e. The van der Waals surface area contributed by atoms with Gasteiger partial charge in [-0.1, -0.05) is 30.3 Å². The Hall–Kier alpha value is -2.74. The van der Waals surface area contributed by atoms with E-state index in [9.17, 15) is 0 Å². The van der Waals surface area contributed by atoms with Crippen molar-refractivity contribution in [2.24, 2.45) is 7.05 Å². The lowest BCUT2D eigenvalue weighted by molar-refractivity contribution is -0.660. The van der Waals surface area contributed by atoms with E-state index in [1.54, 1.807) is 0 Å². The summed E-state index contributed by atoms with van der Waals surface area (Å²) in [4.78, 5) is 4.68. The lowest BCUT2D eigenvalue weighted by Gasteiger charge is -2.11. The summed E-state index contributed by atoms with van der Waals surface area (Å²) in [6, 6.07) is 17.2. The van der Waals surface area contributed by atoms with Crippen LogP contribution >= 0.6 is 0 Å². The van der Waals surface area contributed by atoms with Crippen LogP contribution in [0.1, 0.15) is 11.1 Å². The van der Waals surface area contributed by atoms with E-state index in [4.69, 9.17) is 0 Å². The third-order valence-electron chi connectivity index (χ3n) is 4.54. The Balaban J connectivity index is 2.16. The molecule has 0 unspecified atom stereocenters. The molecular formula is C21H19N2+. The van der Waals surface area contributed by atoms with Crippen LogP contribution in [0, 0.1) is 13.8 Å². The number of nitrogens with zero attached hydrogens (tertiary/aromatic N) is 2. The average molecular weight is 299 g/mol. The van der Waals surface area contributed by atoms with Crippen molar-refractivity contribution in [3.8, 4) is 11.3 Å². The molecule has 2 nitrogen and oxygen atoms in total. The molecule has 0 aliphatic carbocycles. The third kappa shape index (κ3) is 2.18. The molecule has 2 aromatic carbocycles. The molecule has 0 saturated carbocycles. The number of hydrogen-bond donors (Lipinski definition) is 0. The summed E-state index contributed by atoms with van der Waals surface area (Å²) in [6.07, 6.45) is 4.14. The maximum atomic E-state index is 4.68. The number of pyridine rings is 2. The van der Waals surface area contributed by atoms with Crippen molar-refractivity contribution in [3.05, 3.63) is 72.1 Å². The van der Waals surface area contributed by atoms with Crippen molar-refractivity contribution in [2.45, 2.75) is 13.8 Å². The highest BCUT2D eigenvalue weighted by Crippen LogP contribution is 2.33. The second-order valence-corrected chi connectivity index (χ2v) is 6.19. The van der Waals surface area contributed by atoms with E-state index in [1.165, 1.54) is 38.5 Å². The van der Waals surface area contributed by atoms with Gasteiger partial charge in [-0.2, -0.15) is 0 Å². The van der Waals surface area contributed by atoms with Crippen molar-refractivity contribution in [2.75, 3.05) is 0 Å². The zero-order chi connectivity index (χ0) is 16.0. The van der Waals surface area contributed by atoms with Crippen LogP contribution in [-0.2, 0) is 7.05 Å². The molecule has 2 heterocycles. The molecule has 112 valence electrons. The molecule has 4 aromatic rings. The van der Waals surface area contributed by atoms with Gasteiger partial charge >= 0.3 is 0 Å². The normalized spacial score (nSPS) is 11.3. The number of rotatable bonds is 1. The number of benzene rings is 2. The molecule has 2 aromatic heterocycles. The topological polar surface area (TPSA) is 16.8 Å². The molecule has 0 saturated heterocycles. The monoisotopic (exact) mass is 299 g/mol.